The average Bonchev–Trinajstić information content (AvgIpc) is 3.17. The highest BCUT2D eigenvalue weighted by atomic mass is 16.6. The van der Waals surface area contributed by atoms with Crippen molar-refractivity contribution in [1.82, 2.24) is 9.88 Å². The van der Waals surface area contributed by atoms with Crippen molar-refractivity contribution in [3.05, 3.63) is 27.9 Å². The number of hydrogen-bond acceptors (Lipinski definition) is 5. The van der Waals surface area contributed by atoms with E-state index in [0.717, 1.165) is 44.1 Å². The molecule has 3 aliphatic rings. The number of hydrogen-bond donors (Lipinski definition) is 0. The van der Waals surface area contributed by atoms with Gasteiger partial charge in [0.1, 0.15) is 0 Å². The molecule has 1 saturated heterocycles. The monoisotopic (exact) mass is 316 g/mol. The Balaban J connectivity index is 1.46. The van der Waals surface area contributed by atoms with Gasteiger partial charge in [0.05, 0.1) is 4.92 Å². The molecule has 2 bridgehead atoms. The summed E-state index contributed by atoms with van der Waals surface area (Å²) in [6.07, 6.45) is 7.31. The number of nitrogens with zero attached hydrogens (tertiary/aromatic N) is 4. The summed E-state index contributed by atoms with van der Waals surface area (Å²) in [4.78, 5) is 20.1. The fourth-order valence-corrected chi connectivity index (χ4v) is 4.92. The standard InChI is InChI=1S/C17H24N4O2/c1-12-4-5-18-17(16(12)21(22)23)20-8-6-19(7-9-20)15-11-13-2-3-14(15)10-13/h4-5,13-15H,2-3,6-11H2,1H3. The van der Waals surface area contributed by atoms with Gasteiger partial charge in [-0.2, -0.15) is 0 Å². The lowest BCUT2D eigenvalue weighted by Gasteiger charge is -2.41. The maximum Gasteiger partial charge on any atom is 0.314 e. The predicted octanol–water partition coefficient (Wildman–Crippen LogP) is 2.61. The van der Waals surface area contributed by atoms with E-state index < -0.39 is 0 Å². The summed E-state index contributed by atoms with van der Waals surface area (Å²) in [6.45, 7) is 5.46. The molecule has 3 atom stereocenters. The Morgan fingerprint density at radius 2 is 2.00 bits per heavy atom. The molecule has 0 aromatic carbocycles. The van der Waals surface area contributed by atoms with Gasteiger partial charge in [-0.15, -0.1) is 0 Å². The summed E-state index contributed by atoms with van der Waals surface area (Å²) < 4.78 is 0. The molecule has 2 heterocycles. The Labute approximate surface area is 136 Å². The molecule has 6 nitrogen and oxygen atoms in total. The summed E-state index contributed by atoms with van der Waals surface area (Å²) in [5, 5.41) is 11.4. The molecule has 124 valence electrons. The summed E-state index contributed by atoms with van der Waals surface area (Å²) in [5.41, 5.74) is 0.858. The van der Waals surface area contributed by atoms with E-state index in [1.165, 1.54) is 25.7 Å². The number of fused-ring (bicyclic) bond motifs is 2. The number of aromatic nitrogens is 1. The van der Waals surface area contributed by atoms with Crippen molar-refractivity contribution in [1.29, 1.82) is 0 Å². The molecule has 3 unspecified atom stereocenters. The first kappa shape index (κ1) is 14.9. The van der Waals surface area contributed by atoms with Gasteiger partial charge in [0, 0.05) is 44.0 Å². The van der Waals surface area contributed by atoms with Crippen LogP contribution in [0.2, 0.25) is 0 Å². The molecule has 6 heteroatoms. The van der Waals surface area contributed by atoms with Crippen LogP contribution in [-0.2, 0) is 0 Å². The van der Waals surface area contributed by atoms with Crippen LogP contribution >= 0.6 is 0 Å². The highest BCUT2D eigenvalue weighted by Gasteiger charge is 2.43. The lowest BCUT2D eigenvalue weighted by molar-refractivity contribution is -0.384. The van der Waals surface area contributed by atoms with Gasteiger partial charge in [-0.05, 0) is 44.1 Å². The second-order valence-electron chi connectivity index (χ2n) is 7.32. The molecule has 3 fully saturated rings. The zero-order valence-electron chi connectivity index (χ0n) is 13.6. The first-order valence-electron chi connectivity index (χ1n) is 8.72. The van der Waals surface area contributed by atoms with Crippen molar-refractivity contribution >= 4 is 11.5 Å². The summed E-state index contributed by atoms with van der Waals surface area (Å²) >= 11 is 0. The Kier molecular flexibility index (Phi) is 3.71. The van der Waals surface area contributed by atoms with Gasteiger partial charge in [-0.3, -0.25) is 15.0 Å². The number of pyridine rings is 1. The van der Waals surface area contributed by atoms with E-state index in [0.29, 0.717) is 11.4 Å². The number of anilines is 1. The van der Waals surface area contributed by atoms with Gasteiger partial charge in [-0.1, -0.05) is 6.42 Å². The van der Waals surface area contributed by atoms with Crippen molar-refractivity contribution in [2.24, 2.45) is 11.8 Å². The molecule has 2 aliphatic carbocycles. The Morgan fingerprint density at radius 1 is 1.22 bits per heavy atom. The Hall–Kier alpha value is -1.69. The third-order valence-corrected chi connectivity index (χ3v) is 6.07. The van der Waals surface area contributed by atoms with E-state index >= 15 is 0 Å². The van der Waals surface area contributed by atoms with Crippen molar-refractivity contribution in [3.8, 4) is 0 Å². The largest absolute Gasteiger partial charge is 0.348 e. The zero-order chi connectivity index (χ0) is 16.0. The highest BCUT2D eigenvalue weighted by Crippen LogP contribution is 2.46. The quantitative estimate of drug-likeness (QED) is 0.633. The number of rotatable bonds is 3. The SMILES string of the molecule is Cc1ccnc(N2CCN(C3CC4CCC3C4)CC2)c1[N+](=O)[O-]. The van der Waals surface area contributed by atoms with E-state index in [1.807, 2.05) is 0 Å². The van der Waals surface area contributed by atoms with Crippen molar-refractivity contribution < 1.29 is 4.92 Å². The van der Waals surface area contributed by atoms with Gasteiger partial charge in [0.15, 0.2) is 0 Å². The minimum Gasteiger partial charge on any atom is -0.348 e. The van der Waals surface area contributed by atoms with E-state index in [4.69, 9.17) is 0 Å². The molecule has 2 saturated carbocycles. The molecule has 23 heavy (non-hydrogen) atoms. The molecule has 0 spiro atoms. The smallest absolute Gasteiger partial charge is 0.314 e. The number of aryl methyl sites for hydroxylation is 1. The zero-order valence-corrected chi connectivity index (χ0v) is 13.6. The van der Waals surface area contributed by atoms with Gasteiger partial charge in [0.2, 0.25) is 5.82 Å². The summed E-state index contributed by atoms with van der Waals surface area (Å²) in [5.74, 6) is 2.41. The van der Waals surface area contributed by atoms with Crippen LogP contribution in [-0.4, -0.2) is 47.0 Å². The Bertz CT molecular complexity index is 613. The van der Waals surface area contributed by atoms with Gasteiger partial charge in [0.25, 0.3) is 0 Å². The normalized spacial score (nSPS) is 30.8. The first-order valence-corrected chi connectivity index (χ1v) is 8.72. The van der Waals surface area contributed by atoms with E-state index in [-0.39, 0.29) is 10.6 Å². The molecule has 1 aromatic rings. The molecule has 1 aliphatic heterocycles. The van der Waals surface area contributed by atoms with Gasteiger partial charge in [-0.25, -0.2) is 4.98 Å². The topological polar surface area (TPSA) is 62.5 Å². The molecular weight excluding hydrogens is 292 g/mol. The fraction of sp³-hybridized carbons (Fsp3) is 0.706. The van der Waals surface area contributed by atoms with E-state index in [1.54, 1.807) is 19.2 Å². The maximum atomic E-state index is 11.4. The molecule has 0 radical (unpaired) electrons. The third-order valence-electron chi connectivity index (χ3n) is 6.07. The molecule has 1 aromatic heterocycles. The van der Waals surface area contributed by atoms with Crippen LogP contribution in [0, 0.1) is 28.9 Å². The van der Waals surface area contributed by atoms with E-state index in [2.05, 4.69) is 14.8 Å². The third kappa shape index (κ3) is 2.59. The fourth-order valence-electron chi connectivity index (χ4n) is 4.92. The maximum absolute atomic E-state index is 11.4. The van der Waals surface area contributed by atoms with Crippen LogP contribution in [0.25, 0.3) is 0 Å². The van der Waals surface area contributed by atoms with Crippen LogP contribution < -0.4 is 4.90 Å². The second kappa shape index (κ2) is 5.74. The second-order valence-corrected chi connectivity index (χ2v) is 7.32. The van der Waals surface area contributed by atoms with Crippen LogP contribution in [0.4, 0.5) is 11.5 Å². The molecule has 0 N–H and O–H groups in total. The molecule has 4 rings (SSSR count). The molecule has 0 amide bonds. The van der Waals surface area contributed by atoms with Crippen LogP contribution in [0.15, 0.2) is 12.3 Å². The van der Waals surface area contributed by atoms with E-state index in [9.17, 15) is 10.1 Å². The molecular formula is C17H24N4O2. The van der Waals surface area contributed by atoms with Crippen molar-refractivity contribution in [2.45, 2.75) is 38.6 Å². The van der Waals surface area contributed by atoms with Crippen molar-refractivity contribution in [3.63, 3.8) is 0 Å². The van der Waals surface area contributed by atoms with Crippen LogP contribution in [0.5, 0.6) is 0 Å². The predicted molar refractivity (Wildman–Crippen MR) is 88.7 cm³/mol. The number of piperazine rings is 1. The lowest BCUT2D eigenvalue weighted by Crippen LogP contribution is -2.52. The number of nitro groups is 1. The highest BCUT2D eigenvalue weighted by molar-refractivity contribution is 5.61. The average molecular weight is 316 g/mol. The van der Waals surface area contributed by atoms with Crippen molar-refractivity contribution in [2.75, 3.05) is 31.1 Å². The summed E-state index contributed by atoms with van der Waals surface area (Å²) in [7, 11) is 0. The minimum absolute atomic E-state index is 0.167. The lowest BCUT2D eigenvalue weighted by atomic mass is 9.93. The summed E-state index contributed by atoms with van der Waals surface area (Å²) in [6, 6.07) is 2.48. The first-order chi connectivity index (χ1) is 11.1. The van der Waals surface area contributed by atoms with Crippen LogP contribution in [0.1, 0.15) is 31.2 Å². The van der Waals surface area contributed by atoms with Crippen LogP contribution in [0.3, 0.4) is 0 Å². The minimum atomic E-state index is -0.292. The van der Waals surface area contributed by atoms with Gasteiger partial charge >= 0.3 is 5.69 Å². The Morgan fingerprint density at radius 3 is 2.61 bits per heavy atom. The van der Waals surface area contributed by atoms with Gasteiger partial charge < -0.3 is 4.90 Å².